The third-order valence-corrected chi connectivity index (χ3v) is 16.8. The largest absolute Gasteiger partial charge is 0.391 e. The minimum absolute atomic E-state index is 0.0603. The molecule has 2 saturated heterocycles. The van der Waals surface area contributed by atoms with E-state index in [1.807, 2.05) is 121 Å². The first kappa shape index (κ1) is 48.3. The lowest BCUT2D eigenvalue weighted by molar-refractivity contribution is -0.327. The molecule has 4 aromatic carbocycles. The molecule has 0 spiro atoms. The highest BCUT2D eigenvalue weighted by molar-refractivity contribution is 6.73. The molecule has 2 aliphatic rings. The van der Waals surface area contributed by atoms with Crippen LogP contribution >= 0.6 is 0 Å². The highest BCUT2D eigenvalue weighted by atomic mass is 28.4. The highest BCUT2D eigenvalue weighted by Crippen LogP contribution is 2.55. The Morgan fingerprint density at radius 3 is 1.67 bits per heavy atom. The number of nitrogens with zero attached hydrogens (tertiary/aromatic N) is 3. The number of hydrogen-bond donors (Lipinski definition) is 0. The number of fused-ring (bicyclic) bond motifs is 1. The second-order valence-corrected chi connectivity index (χ2v) is 23.2. The van der Waals surface area contributed by atoms with Gasteiger partial charge in [-0.3, -0.25) is 0 Å². The van der Waals surface area contributed by atoms with Gasteiger partial charge in [-0.25, -0.2) is 0 Å². The summed E-state index contributed by atoms with van der Waals surface area (Å²) in [6.45, 7) is 16.7. The quantitative estimate of drug-likeness (QED) is 0.0267. The van der Waals surface area contributed by atoms with Crippen LogP contribution in [0.4, 0.5) is 0 Å². The molecule has 0 unspecified atom stereocenters. The Morgan fingerprint density at radius 1 is 0.683 bits per heavy atom. The lowest BCUT2D eigenvalue weighted by Gasteiger charge is -2.58. The molecule has 0 N–H and O–H groups in total. The fourth-order valence-electron chi connectivity index (χ4n) is 8.68. The minimum atomic E-state index is -2.99. The highest BCUT2D eigenvalue weighted by Gasteiger charge is 2.65. The third kappa shape index (κ3) is 13.0. The maximum absolute atomic E-state index is 10.1. The molecule has 12 heteroatoms. The smallest absolute Gasteiger partial charge is 0.349 e. The van der Waals surface area contributed by atoms with Gasteiger partial charge in [-0.05, 0) is 40.6 Å². The van der Waals surface area contributed by atoms with Crippen LogP contribution in [0.15, 0.2) is 139 Å². The zero-order valence-electron chi connectivity index (χ0n) is 38.1. The predicted octanol–water partition coefficient (Wildman–Crippen LogP) is 11.6. The van der Waals surface area contributed by atoms with Crippen molar-refractivity contribution in [2.75, 3.05) is 13.2 Å². The average molecular weight is 878 g/mol. The Morgan fingerprint density at radius 2 is 1.17 bits per heavy atom. The van der Waals surface area contributed by atoms with Crippen LogP contribution in [0.5, 0.6) is 0 Å². The van der Waals surface area contributed by atoms with Crippen molar-refractivity contribution < 1.29 is 37.3 Å². The predicted molar refractivity (Wildman–Crippen MR) is 248 cm³/mol. The molecule has 2 aliphatic heterocycles. The third-order valence-electron chi connectivity index (χ3n) is 11.6. The Kier molecular flexibility index (Phi) is 17.7. The van der Waals surface area contributed by atoms with E-state index >= 15 is 0 Å². The summed E-state index contributed by atoms with van der Waals surface area (Å²) in [5.74, 6) is 0. The van der Waals surface area contributed by atoms with E-state index in [1.54, 1.807) is 0 Å². The van der Waals surface area contributed by atoms with Crippen molar-refractivity contribution in [1.29, 1.82) is 0 Å². The molecule has 0 radical (unpaired) electrons. The van der Waals surface area contributed by atoms with E-state index in [9.17, 15) is 5.53 Å². The van der Waals surface area contributed by atoms with E-state index in [2.05, 4.69) is 70.6 Å². The molecule has 63 heavy (non-hydrogen) atoms. The van der Waals surface area contributed by atoms with Gasteiger partial charge in [0.05, 0.1) is 57.9 Å². The number of benzene rings is 4. The fourth-order valence-corrected chi connectivity index (χ4v) is 13.6. The van der Waals surface area contributed by atoms with Crippen LogP contribution in [0.1, 0.15) is 83.6 Å². The monoisotopic (exact) mass is 877 g/mol. The van der Waals surface area contributed by atoms with Gasteiger partial charge < -0.3 is 37.3 Å². The summed E-state index contributed by atoms with van der Waals surface area (Å²) in [6.07, 6.45) is 0.991. The van der Waals surface area contributed by atoms with E-state index in [4.69, 9.17) is 37.3 Å². The number of hydrogen-bond acceptors (Lipinski definition) is 9. The zero-order chi connectivity index (χ0) is 44.7. The number of azide groups is 1. The first-order valence-electron chi connectivity index (χ1n) is 22.3. The number of rotatable bonds is 21. The van der Waals surface area contributed by atoms with Crippen LogP contribution in [0.25, 0.3) is 10.4 Å². The summed E-state index contributed by atoms with van der Waals surface area (Å²) in [5, 5.41) is 3.79. The van der Waals surface area contributed by atoms with Crippen molar-refractivity contribution in [3.63, 3.8) is 0 Å². The van der Waals surface area contributed by atoms with Crippen LogP contribution in [0.2, 0.25) is 10.1 Å². The summed E-state index contributed by atoms with van der Waals surface area (Å²) in [5.41, 5.74) is 14.1. The van der Waals surface area contributed by atoms with Gasteiger partial charge in [0.2, 0.25) is 0 Å². The SMILES string of the molecule is CC/C=C/C[C@@H](OCc1ccccc1)[C@@H](OCc1ccccc1)[C@H](CO[C@H]1O[C@@H]2CO[Si](C(C)(C)C)(C(C)(C)C)O[C@@H]2[C@H](OCc2ccccc2)[C@H]1OCc1ccccc1)N=[N+]=[N-]. The Hall–Kier alpha value is -4.17. The zero-order valence-corrected chi connectivity index (χ0v) is 39.1. The molecule has 338 valence electrons. The van der Waals surface area contributed by atoms with Crippen LogP contribution in [0, 0.1) is 0 Å². The first-order chi connectivity index (χ1) is 30.4. The summed E-state index contributed by atoms with van der Waals surface area (Å²) < 4.78 is 55.3. The van der Waals surface area contributed by atoms with Crippen molar-refractivity contribution in [3.05, 3.63) is 166 Å². The minimum Gasteiger partial charge on any atom is -0.391 e. The van der Waals surface area contributed by atoms with E-state index in [1.165, 1.54) is 0 Å². The van der Waals surface area contributed by atoms with E-state index < -0.39 is 57.5 Å². The maximum atomic E-state index is 10.1. The topological polar surface area (TPSA) is 123 Å². The summed E-state index contributed by atoms with van der Waals surface area (Å²) in [6, 6.07) is 39.2. The first-order valence-corrected chi connectivity index (χ1v) is 24.1. The molecule has 0 aliphatic carbocycles. The molecule has 8 atom stereocenters. The average Bonchev–Trinajstić information content (AvgIpc) is 3.28. The van der Waals surface area contributed by atoms with Gasteiger partial charge in [0, 0.05) is 15.0 Å². The summed E-state index contributed by atoms with van der Waals surface area (Å²) in [4.78, 5) is 3.33. The van der Waals surface area contributed by atoms with Crippen molar-refractivity contribution in [2.24, 2.45) is 5.11 Å². The molecule has 2 heterocycles. The van der Waals surface area contributed by atoms with Gasteiger partial charge in [0.15, 0.2) is 6.29 Å². The normalized spacial score (nSPS) is 22.7. The molecular weight excluding hydrogens is 811 g/mol. The summed E-state index contributed by atoms with van der Waals surface area (Å²) in [7, 11) is -2.99. The standard InChI is InChI=1S/C51H67N3O8Si/c1-8-9-14-31-43(55-32-38-23-15-10-16-24-38)45(56-33-39-25-17-11-18-26-39)42(53-54-52)36-59-49-48(58-35-41-29-21-13-22-30-41)47(57-34-40-27-19-12-20-28-40)46-44(61-49)37-60-63(62-46,50(2,3)4)51(5,6)7/h9-30,42-49H,8,31-37H2,1-7H3/b14-9+/t42-,43+,44+,45-,46-,47-,48+,49-/m0/s1. The van der Waals surface area contributed by atoms with E-state index in [0.717, 1.165) is 28.7 Å². The van der Waals surface area contributed by atoms with Gasteiger partial charge >= 0.3 is 8.56 Å². The van der Waals surface area contributed by atoms with Gasteiger partial charge in [-0.2, -0.15) is 0 Å². The van der Waals surface area contributed by atoms with Crippen LogP contribution < -0.4 is 0 Å². The van der Waals surface area contributed by atoms with Crippen LogP contribution in [-0.2, 0) is 63.7 Å². The molecular formula is C51H67N3O8Si. The molecule has 4 aromatic rings. The molecule has 0 aromatic heterocycles. The number of allylic oxidation sites excluding steroid dienone is 1. The summed E-state index contributed by atoms with van der Waals surface area (Å²) >= 11 is 0. The number of ether oxygens (including phenoxy) is 6. The molecule has 0 saturated carbocycles. The molecule has 6 rings (SSSR count). The second kappa shape index (κ2) is 23.1. The van der Waals surface area contributed by atoms with Crippen LogP contribution in [0.3, 0.4) is 0 Å². The van der Waals surface area contributed by atoms with Crippen molar-refractivity contribution in [3.8, 4) is 0 Å². The fraction of sp³-hybridized carbons (Fsp3) is 0.490. The van der Waals surface area contributed by atoms with E-state index in [0.29, 0.717) is 26.2 Å². The Balaban J connectivity index is 1.35. The van der Waals surface area contributed by atoms with Gasteiger partial charge in [-0.15, -0.1) is 0 Å². The Bertz CT molecular complexity index is 1990. The maximum Gasteiger partial charge on any atom is 0.349 e. The molecule has 0 amide bonds. The van der Waals surface area contributed by atoms with E-state index in [-0.39, 0.29) is 29.9 Å². The van der Waals surface area contributed by atoms with Gasteiger partial charge in [-0.1, -0.05) is 187 Å². The molecule has 11 nitrogen and oxygen atoms in total. The molecule has 0 bridgehead atoms. The van der Waals surface area contributed by atoms with Crippen molar-refractivity contribution in [1.82, 2.24) is 0 Å². The second-order valence-electron chi connectivity index (χ2n) is 18.4. The van der Waals surface area contributed by atoms with Crippen LogP contribution in [-0.4, -0.2) is 70.7 Å². The van der Waals surface area contributed by atoms with Crippen molar-refractivity contribution in [2.45, 2.75) is 147 Å². The van der Waals surface area contributed by atoms with Gasteiger partial charge in [0.1, 0.15) is 24.4 Å². The molecule has 2 fully saturated rings. The van der Waals surface area contributed by atoms with Crippen molar-refractivity contribution >= 4 is 8.56 Å². The Labute approximate surface area is 375 Å². The van der Waals surface area contributed by atoms with Gasteiger partial charge in [0.25, 0.3) is 0 Å². The lowest BCUT2D eigenvalue weighted by atomic mass is 9.98. The lowest BCUT2D eigenvalue weighted by Crippen LogP contribution is -2.72.